The molecule has 0 aliphatic carbocycles. The van der Waals surface area contributed by atoms with Crippen molar-refractivity contribution in [2.45, 2.75) is 30.4 Å². The van der Waals surface area contributed by atoms with Crippen LogP contribution in [0.4, 0.5) is 4.39 Å². The van der Waals surface area contributed by atoms with Crippen molar-refractivity contribution in [3.63, 3.8) is 0 Å². The maximum absolute atomic E-state index is 13.4. The third-order valence-corrected chi connectivity index (χ3v) is 5.57. The Labute approximate surface area is 148 Å². The molecule has 126 valence electrons. The van der Waals surface area contributed by atoms with E-state index in [1.165, 1.54) is 12.1 Å². The Morgan fingerprint density at radius 2 is 2.00 bits per heavy atom. The first-order valence-corrected chi connectivity index (χ1v) is 8.88. The van der Waals surface area contributed by atoms with Gasteiger partial charge in [-0.15, -0.1) is 0 Å². The summed E-state index contributed by atoms with van der Waals surface area (Å²) in [6, 6.07) is 10.6. The van der Waals surface area contributed by atoms with Crippen molar-refractivity contribution >= 4 is 21.6 Å². The highest BCUT2D eigenvalue weighted by Crippen LogP contribution is 2.39. The molecule has 0 radical (unpaired) electrons. The van der Waals surface area contributed by atoms with Crippen LogP contribution in [0.1, 0.15) is 24.0 Å². The summed E-state index contributed by atoms with van der Waals surface area (Å²) in [4.78, 5) is 0.247. The number of halogens is 2. The summed E-state index contributed by atoms with van der Waals surface area (Å²) in [7, 11) is 0. The Balaban J connectivity index is 1.83. The summed E-state index contributed by atoms with van der Waals surface area (Å²) in [5, 5.41) is 5.72. The third kappa shape index (κ3) is 2.49. The predicted molar refractivity (Wildman–Crippen MR) is 94.7 cm³/mol. The van der Waals surface area contributed by atoms with Crippen LogP contribution in [0.5, 0.6) is 0 Å². The van der Waals surface area contributed by atoms with Gasteiger partial charge in [0.05, 0.1) is 16.1 Å². The first-order valence-electron chi connectivity index (χ1n) is 7.96. The number of benzene rings is 1. The highest BCUT2D eigenvalue weighted by atomic mass is 79.9. The highest BCUT2D eigenvalue weighted by Gasteiger charge is 2.47. The SMILES string of the molecule is Cc1ccc(C2=CC(C)(c3ccc(F)cc3)N3NCC(Br)C3N2)o1. The largest absolute Gasteiger partial charge is 0.460 e. The standard InChI is InChI=1S/C18H19BrFN3O/c1-11-3-8-16(24-11)15-9-18(2,12-4-6-13(20)7-5-12)23-17(22-15)14(19)10-21-23/h3-9,14,17,21-22H,10H2,1-2H3. The summed E-state index contributed by atoms with van der Waals surface area (Å²) in [5.74, 6) is 1.46. The average molecular weight is 392 g/mol. The molecule has 0 bridgehead atoms. The maximum Gasteiger partial charge on any atom is 0.149 e. The van der Waals surface area contributed by atoms with Crippen LogP contribution in [-0.2, 0) is 5.54 Å². The van der Waals surface area contributed by atoms with Crippen LogP contribution in [-0.4, -0.2) is 22.5 Å². The molecule has 0 amide bonds. The molecule has 2 aliphatic heterocycles. The second kappa shape index (κ2) is 5.72. The van der Waals surface area contributed by atoms with Crippen molar-refractivity contribution in [2.24, 2.45) is 0 Å². The van der Waals surface area contributed by atoms with E-state index in [1.54, 1.807) is 0 Å². The molecule has 1 fully saturated rings. The van der Waals surface area contributed by atoms with Gasteiger partial charge in [0.1, 0.15) is 23.5 Å². The van der Waals surface area contributed by atoms with E-state index in [1.807, 2.05) is 31.2 Å². The number of aryl methyl sites for hydroxylation is 1. The quantitative estimate of drug-likeness (QED) is 0.768. The van der Waals surface area contributed by atoms with E-state index in [0.717, 1.165) is 29.3 Å². The fourth-order valence-electron chi connectivity index (χ4n) is 3.45. The molecule has 4 nitrogen and oxygen atoms in total. The molecule has 24 heavy (non-hydrogen) atoms. The monoisotopic (exact) mass is 391 g/mol. The molecule has 1 saturated heterocycles. The van der Waals surface area contributed by atoms with Crippen LogP contribution in [0.2, 0.25) is 0 Å². The third-order valence-electron chi connectivity index (χ3n) is 4.74. The molecule has 2 aromatic rings. The summed E-state index contributed by atoms with van der Waals surface area (Å²) in [5.41, 5.74) is 4.98. The molecule has 3 unspecified atom stereocenters. The first-order chi connectivity index (χ1) is 11.5. The zero-order valence-corrected chi connectivity index (χ0v) is 15.1. The topological polar surface area (TPSA) is 40.4 Å². The lowest BCUT2D eigenvalue weighted by atomic mass is 9.87. The molecular weight excluding hydrogens is 373 g/mol. The van der Waals surface area contributed by atoms with E-state index in [2.05, 4.69) is 44.7 Å². The summed E-state index contributed by atoms with van der Waals surface area (Å²) >= 11 is 3.74. The lowest BCUT2D eigenvalue weighted by molar-refractivity contribution is 0.0582. The zero-order chi connectivity index (χ0) is 16.9. The fourth-order valence-corrected chi connectivity index (χ4v) is 3.96. The van der Waals surface area contributed by atoms with Crippen molar-refractivity contribution in [1.82, 2.24) is 15.8 Å². The van der Waals surface area contributed by atoms with Gasteiger partial charge in [-0.2, -0.15) is 0 Å². The van der Waals surface area contributed by atoms with Crippen LogP contribution >= 0.6 is 15.9 Å². The van der Waals surface area contributed by atoms with E-state index in [9.17, 15) is 4.39 Å². The molecule has 3 atom stereocenters. The Hall–Kier alpha value is -1.63. The number of fused-ring (bicyclic) bond motifs is 1. The molecule has 4 rings (SSSR count). The Kier molecular flexibility index (Phi) is 3.78. The minimum atomic E-state index is -0.428. The molecule has 1 aromatic carbocycles. The van der Waals surface area contributed by atoms with Gasteiger partial charge in [-0.3, -0.25) is 5.43 Å². The molecular formula is C18H19BrFN3O. The highest BCUT2D eigenvalue weighted by molar-refractivity contribution is 9.09. The van der Waals surface area contributed by atoms with E-state index < -0.39 is 5.54 Å². The minimum absolute atomic E-state index is 0.0606. The summed E-state index contributed by atoms with van der Waals surface area (Å²) < 4.78 is 19.2. The lowest BCUT2D eigenvalue weighted by Crippen LogP contribution is -2.59. The van der Waals surface area contributed by atoms with E-state index >= 15 is 0 Å². The van der Waals surface area contributed by atoms with Gasteiger partial charge in [0, 0.05) is 6.54 Å². The Morgan fingerprint density at radius 1 is 1.25 bits per heavy atom. The summed E-state index contributed by atoms with van der Waals surface area (Å²) in [6.07, 6.45) is 2.19. The molecule has 0 saturated carbocycles. The number of rotatable bonds is 2. The van der Waals surface area contributed by atoms with Crippen LogP contribution in [0.25, 0.3) is 5.70 Å². The lowest BCUT2D eigenvalue weighted by Gasteiger charge is -2.45. The van der Waals surface area contributed by atoms with Gasteiger partial charge < -0.3 is 9.73 Å². The van der Waals surface area contributed by atoms with Crippen LogP contribution < -0.4 is 10.7 Å². The number of hydrazine groups is 1. The summed E-state index contributed by atoms with van der Waals surface area (Å²) in [6.45, 7) is 4.87. The Bertz CT molecular complexity index is 788. The number of nitrogens with one attached hydrogen (secondary N) is 2. The smallest absolute Gasteiger partial charge is 0.149 e. The second-order valence-electron chi connectivity index (χ2n) is 6.46. The number of nitrogens with zero attached hydrogens (tertiary/aromatic N) is 1. The molecule has 2 N–H and O–H groups in total. The number of hydrogen-bond donors (Lipinski definition) is 2. The van der Waals surface area contributed by atoms with Gasteiger partial charge in [-0.1, -0.05) is 28.1 Å². The van der Waals surface area contributed by atoms with Gasteiger partial charge in [-0.05, 0) is 49.8 Å². The second-order valence-corrected chi connectivity index (χ2v) is 7.64. The van der Waals surface area contributed by atoms with Gasteiger partial charge >= 0.3 is 0 Å². The average Bonchev–Trinajstić information content (AvgIpc) is 3.15. The van der Waals surface area contributed by atoms with Crippen LogP contribution in [0.3, 0.4) is 0 Å². The number of alkyl halides is 1. The molecule has 2 aliphatic rings. The Morgan fingerprint density at radius 3 is 2.67 bits per heavy atom. The maximum atomic E-state index is 13.4. The minimum Gasteiger partial charge on any atom is -0.460 e. The van der Waals surface area contributed by atoms with Crippen molar-refractivity contribution in [1.29, 1.82) is 0 Å². The van der Waals surface area contributed by atoms with Crippen molar-refractivity contribution in [2.75, 3.05) is 6.54 Å². The zero-order valence-electron chi connectivity index (χ0n) is 13.5. The molecule has 3 heterocycles. The number of furan rings is 1. The van der Waals surface area contributed by atoms with Crippen molar-refractivity contribution < 1.29 is 8.81 Å². The molecule has 0 spiro atoms. The van der Waals surface area contributed by atoms with E-state index in [0.29, 0.717) is 0 Å². The number of hydrogen-bond acceptors (Lipinski definition) is 4. The molecule has 6 heteroatoms. The predicted octanol–water partition coefficient (Wildman–Crippen LogP) is 3.50. The van der Waals surface area contributed by atoms with E-state index in [4.69, 9.17) is 4.42 Å². The van der Waals surface area contributed by atoms with E-state index in [-0.39, 0.29) is 16.8 Å². The molecule has 1 aromatic heterocycles. The van der Waals surface area contributed by atoms with Gasteiger partial charge in [0.25, 0.3) is 0 Å². The van der Waals surface area contributed by atoms with Crippen molar-refractivity contribution in [3.05, 3.63) is 65.4 Å². The van der Waals surface area contributed by atoms with Crippen LogP contribution in [0.15, 0.2) is 46.9 Å². The van der Waals surface area contributed by atoms with Gasteiger partial charge in [0.2, 0.25) is 0 Å². The van der Waals surface area contributed by atoms with Gasteiger partial charge in [-0.25, -0.2) is 9.40 Å². The normalized spacial score (nSPS) is 29.9. The fraction of sp³-hybridized carbons (Fsp3) is 0.333. The van der Waals surface area contributed by atoms with Gasteiger partial charge in [0.15, 0.2) is 0 Å². The van der Waals surface area contributed by atoms with Crippen molar-refractivity contribution in [3.8, 4) is 0 Å². The van der Waals surface area contributed by atoms with Crippen LogP contribution in [0, 0.1) is 12.7 Å². The first kappa shape index (κ1) is 15.9.